The largest absolute Gasteiger partial charge is 0.479 e. The van der Waals surface area contributed by atoms with Crippen LogP contribution in [0.2, 0.25) is 0 Å². The summed E-state index contributed by atoms with van der Waals surface area (Å²) in [4.78, 5) is 11.3. The topological polar surface area (TPSA) is 74.2 Å². The van der Waals surface area contributed by atoms with Crippen LogP contribution >= 0.6 is 0 Å². The first-order valence-electron chi connectivity index (χ1n) is 7.55. The van der Waals surface area contributed by atoms with E-state index in [1.165, 1.54) is 14.0 Å². The van der Waals surface area contributed by atoms with Gasteiger partial charge < -0.3 is 24.1 Å². The summed E-state index contributed by atoms with van der Waals surface area (Å²) in [7, 11) is 1.47. The van der Waals surface area contributed by atoms with Crippen LogP contribution in [-0.4, -0.2) is 50.2 Å². The Bertz CT molecular complexity index is 547. The molecule has 0 aromatic heterocycles. The highest BCUT2D eigenvalue weighted by Gasteiger charge is 2.50. The summed E-state index contributed by atoms with van der Waals surface area (Å²) in [5, 5.41) is 9.14. The van der Waals surface area contributed by atoms with E-state index in [4.69, 9.17) is 24.1 Å². The summed E-state index contributed by atoms with van der Waals surface area (Å²) in [6.07, 6.45) is -1.40. The van der Waals surface area contributed by atoms with Gasteiger partial charge in [-0.15, -0.1) is 0 Å². The Labute approximate surface area is 144 Å². The molecule has 1 rings (SSSR count). The highest BCUT2D eigenvalue weighted by atomic mass is 19.3. The summed E-state index contributed by atoms with van der Waals surface area (Å²) in [6.45, 7) is 1.03. The van der Waals surface area contributed by atoms with Crippen LogP contribution in [0.4, 0.5) is 8.78 Å². The number of alkyl halides is 2. The normalized spacial score (nSPS) is 13.5. The number of aliphatic carboxylic acids is 1. The number of benzene rings is 1. The zero-order valence-corrected chi connectivity index (χ0v) is 14.1. The molecule has 1 atom stereocenters. The first kappa shape index (κ1) is 21.0. The molecule has 0 saturated carbocycles. The van der Waals surface area contributed by atoms with Gasteiger partial charge in [0.15, 0.2) is 12.6 Å². The molecule has 0 aliphatic rings. The molecule has 1 N–H and O–H groups in total. The van der Waals surface area contributed by atoms with E-state index in [0.717, 1.165) is 6.08 Å². The molecule has 0 fully saturated rings. The third kappa shape index (κ3) is 6.77. The minimum Gasteiger partial charge on any atom is -0.479 e. The number of methoxy groups -OCH3 is 1. The molecule has 8 heteroatoms. The van der Waals surface area contributed by atoms with Crippen LogP contribution < -0.4 is 0 Å². The molecule has 140 valence electrons. The number of hydrogen-bond acceptors (Lipinski definition) is 5. The number of carbonyl (C=O) groups is 1. The van der Waals surface area contributed by atoms with Crippen molar-refractivity contribution in [2.45, 2.75) is 25.6 Å². The quantitative estimate of drug-likeness (QED) is 0.351. The van der Waals surface area contributed by atoms with Crippen molar-refractivity contribution >= 4 is 5.97 Å². The van der Waals surface area contributed by atoms with Crippen LogP contribution in [0.15, 0.2) is 42.2 Å². The van der Waals surface area contributed by atoms with Crippen molar-refractivity contribution < 1.29 is 37.6 Å². The highest BCUT2D eigenvalue weighted by Crippen LogP contribution is 2.32. The third-order valence-electron chi connectivity index (χ3n) is 3.13. The summed E-state index contributed by atoms with van der Waals surface area (Å²) < 4.78 is 48.5. The molecule has 1 aromatic carbocycles. The molecule has 6 nitrogen and oxygen atoms in total. The lowest BCUT2D eigenvalue weighted by Gasteiger charge is -2.26. The van der Waals surface area contributed by atoms with E-state index in [1.54, 1.807) is 30.3 Å². The lowest BCUT2D eigenvalue weighted by Crippen LogP contribution is -2.44. The molecule has 0 aliphatic heterocycles. The predicted molar refractivity (Wildman–Crippen MR) is 85.1 cm³/mol. The molecule has 0 saturated heterocycles. The van der Waals surface area contributed by atoms with E-state index < -0.39 is 30.5 Å². The monoisotopic (exact) mass is 360 g/mol. The minimum absolute atomic E-state index is 0.159. The van der Waals surface area contributed by atoms with Gasteiger partial charge in [0.05, 0.1) is 19.8 Å². The lowest BCUT2D eigenvalue weighted by atomic mass is 10.1. The van der Waals surface area contributed by atoms with Crippen LogP contribution in [0.25, 0.3) is 0 Å². The number of carboxylic acids is 1. The van der Waals surface area contributed by atoms with Gasteiger partial charge >= 0.3 is 11.9 Å². The molecule has 1 unspecified atom stereocenters. The second-order valence-electron chi connectivity index (χ2n) is 4.95. The van der Waals surface area contributed by atoms with Crippen molar-refractivity contribution in [3.63, 3.8) is 0 Å². The number of hydrogen-bond donors (Lipinski definition) is 1. The van der Waals surface area contributed by atoms with Crippen molar-refractivity contribution in [2.75, 3.05) is 27.1 Å². The zero-order valence-electron chi connectivity index (χ0n) is 14.1. The van der Waals surface area contributed by atoms with E-state index in [-0.39, 0.29) is 19.8 Å². The van der Waals surface area contributed by atoms with Crippen LogP contribution in [0.1, 0.15) is 12.5 Å². The maximum absolute atomic E-state index is 14.5. The smallest absolute Gasteiger partial charge is 0.340 e. The Morgan fingerprint density at radius 3 is 2.52 bits per heavy atom. The number of rotatable bonds is 12. The van der Waals surface area contributed by atoms with Gasteiger partial charge in [-0.3, -0.25) is 0 Å². The fourth-order valence-electron chi connectivity index (χ4n) is 1.89. The Morgan fingerprint density at radius 1 is 1.28 bits per heavy atom. The van der Waals surface area contributed by atoms with Gasteiger partial charge in [-0.25, -0.2) is 4.79 Å². The third-order valence-corrected chi connectivity index (χ3v) is 3.13. The summed E-state index contributed by atoms with van der Waals surface area (Å²) in [5.41, 5.74) is 0.579. The molecule has 0 bridgehead atoms. The van der Waals surface area contributed by atoms with Gasteiger partial charge in [0.1, 0.15) is 0 Å². The lowest BCUT2D eigenvalue weighted by molar-refractivity contribution is -0.187. The van der Waals surface area contributed by atoms with Crippen LogP contribution in [0, 0.1) is 0 Å². The fraction of sp³-hybridized carbons (Fsp3) is 0.471. The number of carboxylic acid groups (broad SMARTS) is 1. The Kier molecular flexibility index (Phi) is 9.04. The average Bonchev–Trinajstić information content (AvgIpc) is 2.58. The van der Waals surface area contributed by atoms with Crippen molar-refractivity contribution in [3.05, 3.63) is 47.7 Å². The highest BCUT2D eigenvalue weighted by molar-refractivity contribution is 5.74. The number of allylic oxidation sites excluding steroid dienone is 1. The van der Waals surface area contributed by atoms with Gasteiger partial charge in [0.25, 0.3) is 0 Å². The molecule has 0 aliphatic carbocycles. The van der Waals surface area contributed by atoms with E-state index >= 15 is 0 Å². The van der Waals surface area contributed by atoms with Crippen molar-refractivity contribution in [2.24, 2.45) is 0 Å². The van der Waals surface area contributed by atoms with Gasteiger partial charge in [-0.1, -0.05) is 30.3 Å². The second-order valence-corrected chi connectivity index (χ2v) is 4.95. The predicted octanol–water partition coefficient (Wildman–Crippen LogP) is 2.83. The Morgan fingerprint density at radius 2 is 1.96 bits per heavy atom. The summed E-state index contributed by atoms with van der Waals surface area (Å²) in [5.74, 6) is -6.48. The van der Waals surface area contributed by atoms with Gasteiger partial charge in [-0.05, 0) is 18.6 Å². The first-order chi connectivity index (χ1) is 11.9. The molecule has 0 heterocycles. The van der Waals surface area contributed by atoms with Crippen LogP contribution in [0.5, 0.6) is 0 Å². The number of ether oxygens (including phenoxy) is 4. The minimum atomic E-state index is -3.86. The first-order valence-corrected chi connectivity index (χ1v) is 7.55. The molecule has 0 spiro atoms. The van der Waals surface area contributed by atoms with Crippen molar-refractivity contribution in [1.82, 2.24) is 0 Å². The standard InChI is InChI=1S/C17H22F2O6/c1-3-14(25-12-23-10-9-22-2)17(18,19)15(16(20)21)24-11-13-7-5-4-6-8-13/h3-8,15H,9-12H2,1-2H3,(H,20,21)/b14-3-. The molecular formula is C17H22F2O6. The molecule has 0 amide bonds. The average molecular weight is 360 g/mol. The second kappa shape index (κ2) is 10.8. The van der Waals surface area contributed by atoms with Gasteiger partial charge in [-0.2, -0.15) is 8.78 Å². The van der Waals surface area contributed by atoms with Crippen LogP contribution in [0.3, 0.4) is 0 Å². The molecule has 25 heavy (non-hydrogen) atoms. The van der Waals surface area contributed by atoms with Crippen molar-refractivity contribution in [3.8, 4) is 0 Å². The zero-order chi connectivity index (χ0) is 18.7. The molecular weight excluding hydrogens is 338 g/mol. The van der Waals surface area contributed by atoms with E-state index in [0.29, 0.717) is 5.56 Å². The van der Waals surface area contributed by atoms with E-state index in [1.807, 2.05) is 0 Å². The maximum atomic E-state index is 14.5. The molecule has 1 aromatic rings. The Hall–Kier alpha value is -2.03. The summed E-state index contributed by atoms with van der Waals surface area (Å²) >= 11 is 0. The van der Waals surface area contributed by atoms with E-state index in [9.17, 15) is 13.6 Å². The van der Waals surface area contributed by atoms with Crippen molar-refractivity contribution in [1.29, 1.82) is 0 Å². The fourth-order valence-corrected chi connectivity index (χ4v) is 1.89. The summed E-state index contributed by atoms with van der Waals surface area (Å²) in [6, 6.07) is 8.44. The SMILES string of the molecule is C/C=C(\OCOCCOC)C(F)(F)C(OCc1ccccc1)C(=O)O. The van der Waals surface area contributed by atoms with Crippen LogP contribution in [-0.2, 0) is 30.3 Å². The van der Waals surface area contributed by atoms with Gasteiger partial charge in [0, 0.05) is 7.11 Å². The number of halogens is 2. The van der Waals surface area contributed by atoms with E-state index in [2.05, 4.69) is 0 Å². The molecule has 0 radical (unpaired) electrons. The maximum Gasteiger partial charge on any atom is 0.340 e. The Balaban J connectivity index is 2.71. The van der Waals surface area contributed by atoms with Gasteiger partial charge in [0.2, 0.25) is 6.10 Å².